The second kappa shape index (κ2) is 7.71. The van der Waals surface area contributed by atoms with Crippen LogP contribution in [-0.4, -0.2) is 54.1 Å². The van der Waals surface area contributed by atoms with E-state index in [9.17, 15) is 14.9 Å². The SMILES string of the molecule is COC(=O)N1CCN(C#CC#Cc2ccc([N+](=O)[O-])cc2)CC1. The van der Waals surface area contributed by atoms with Crippen LogP contribution in [0.1, 0.15) is 5.56 Å². The fourth-order valence-corrected chi connectivity index (χ4v) is 2.01. The molecule has 1 amide bonds. The molecular formula is C16H15N3O4. The summed E-state index contributed by atoms with van der Waals surface area (Å²) in [6, 6.07) is 8.90. The Kier molecular flexibility index (Phi) is 5.43. The van der Waals surface area contributed by atoms with E-state index in [0.717, 1.165) is 0 Å². The molecular weight excluding hydrogens is 298 g/mol. The highest BCUT2D eigenvalue weighted by molar-refractivity contribution is 5.67. The van der Waals surface area contributed by atoms with Gasteiger partial charge in [-0.05, 0) is 18.1 Å². The number of ether oxygens (including phenoxy) is 1. The van der Waals surface area contributed by atoms with E-state index in [-0.39, 0.29) is 11.8 Å². The van der Waals surface area contributed by atoms with Crippen molar-refractivity contribution in [3.63, 3.8) is 0 Å². The summed E-state index contributed by atoms with van der Waals surface area (Å²) in [6.07, 6.45) is -0.324. The fourth-order valence-electron chi connectivity index (χ4n) is 2.01. The van der Waals surface area contributed by atoms with E-state index in [1.54, 1.807) is 17.0 Å². The fraction of sp³-hybridized carbons (Fsp3) is 0.312. The van der Waals surface area contributed by atoms with Gasteiger partial charge in [0.25, 0.3) is 5.69 Å². The van der Waals surface area contributed by atoms with Gasteiger partial charge in [0.05, 0.1) is 12.0 Å². The smallest absolute Gasteiger partial charge is 0.409 e. The molecule has 0 radical (unpaired) electrons. The van der Waals surface area contributed by atoms with Crippen molar-refractivity contribution in [2.45, 2.75) is 0 Å². The summed E-state index contributed by atoms with van der Waals surface area (Å²) in [5.74, 6) is 8.29. The molecule has 1 fully saturated rings. The molecule has 2 rings (SSSR count). The number of methoxy groups -OCH3 is 1. The number of piperazine rings is 1. The molecule has 1 aromatic rings. The third-order valence-electron chi connectivity index (χ3n) is 3.27. The molecule has 0 unspecified atom stereocenters. The first-order valence-corrected chi connectivity index (χ1v) is 6.94. The lowest BCUT2D eigenvalue weighted by Gasteiger charge is -2.31. The molecule has 7 heteroatoms. The number of nitrogens with zero attached hydrogens (tertiary/aromatic N) is 3. The Balaban J connectivity index is 1.87. The molecule has 1 aromatic carbocycles. The normalized spacial score (nSPS) is 13.3. The maximum absolute atomic E-state index is 11.3. The summed E-state index contributed by atoms with van der Waals surface area (Å²) in [5, 5.41) is 10.5. The van der Waals surface area contributed by atoms with Gasteiger partial charge in [-0.15, -0.1) is 0 Å². The highest BCUT2D eigenvalue weighted by Crippen LogP contribution is 2.10. The average molecular weight is 313 g/mol. The Bertz CT molecular complexity index is 699. The van der Waals surface area contributed by atoms with E-state index in [0.29, 0.717) is 31.7 Å². The topological polar surface area (TPSA) is 75.9 Å². The van der Waals surface area contributed by atoms with Crippen LogP contribution in [0.5, 0.6) is 0 Å². The van der Waals surface area contributed by atoms with Crippen molar-refractivity contribution < 1.29 is 14.5 Å². The number of hydrogen-bond donors (Lipinski definition) is 0. The van der Waals surface area contributed by atoms with Gasteiger partial charge in [-0.1, -0.05) is 5.92 Å². The minimum absolute atomic E-state index is 0.0325. The van der Waals surface area contributed by atoms with Crippen LogP contribution in [0.15, 0.2) is 24.3 Å². The Hall–Kier alpha value is -3.19. The molecule has 0 bridgehead atoms. The number of rotatable bonds is 1. The highest BCUT2D eigenvalue weighted by Gasteiger charge is 2.19. The largest absolute Gasteiger partial charge is 0.453 e. The molecule has 1 saturated heterocycles. The number of non-ortho nitro benzene ring substituents is 1. The number of amides is 1. The Morgan fingerprint density at radius 3 is 2.39 bits per heavy atom. The first kappa shape index (κ1) is 16.2. The first-order chi connectivity index (χ1) is 11.1. The van der Waals surface area contributed by atoms with E-state index in [4.69, 9.17) is 0 Å². The van der Waals surface area contributed by atoms with Crippen molar-refractivity contribution >= 4 is 11.8 Å². The summed E-state index contributed by atoms with van der Waals surface area (Å²) in [5.41, 5.74) is 0.700. The van der Waals surface area contributed by atoms with Crippen LogP contribution in [-0.2, 0) is 4.74 Å². The van der Waals surface area contributed by atoms with Crippen molar-refractivity contribution in [3.8, 4) is 23.8 Å². The maximum atomic E-state index is 11.3. The zero-order chi connectivity index (χ0) is 16.7. The minimum Gasteiger partial charge on any atom is -0.453 e. The van der Waals surface area contributed by atoms with E-state index in [1.165, 1.54) is 19.2 Å². The predicted octanol–water partition coefficient (Wildman–Crippen LogP) is 1.29. The van der Waals surface area contributed by atoms with E-state index in [2.05, 4.69) is 28.5 Å². The molecule has 23 heavy (non-hydrogen) atoms. The molecule has 0 aromatic heterocycles. The predicted molar refractivity (Wildman–Crippen MR) is 83.3 cm³/mol. The molecule has 1 heterocycles. The standard InChI is InChI=1S/C16H15N3O4/c1-23-16(20)18-12-10-17(11-13-18)9-3-2-4-14-5-7-15(8-6-14)19(21)22/h5-8H,10-13H2,1H3. The van der Waals surface area contributed by atoms with Gasteiger partial charge < -0.3 is 14.5 Å². The molecule has 0 atom stereocenters. The van der Waals surface area contributed by atoms with Crippen LogP contribution in [0.3, 0.4) is 0 Å². The number of benzene rings is 1. The second-order valence-electron chi connectivity index (χ2n) is 4.73. The molecule has 1 aliphatic heterocycles. The van der Waals surface area contributed by atoms with Gasteiger partial charge in [-0.25, -0.2) is 4.79 Å². The third-order valence-corrected chi connectivity index (χ3v) is 3.27. The minimum atomic E-state index is -0.453. The van der Waals surface area contributed by atoms with E-state index in [1.807, 2.05) is 4.90 Å². The van der Waals surface area contributed by atoms with E-state index < -0.39 is 4.92 Å². The van der Waals surface area contributed by atoms with Crippen molar-refractivity contribution in [2.75, 3.05) is 33.3 Å². The van der Waals surface area contributed by atoms with E-state index >= 15 is 0 Å². The molecule has 1 aliphatic rings. The number of nitro benzene ring substituents is 1. The Morgan fingerprint density at radius 2 is 1.83 bits per heavy atom. The zero-order valence-electron chi connectivity index (χ0n) is 12.6. The molecule has 118 valence electrons. The highest BCUT2D eigenvalue weighted by atomic mass is 16.6. The molecule has 0 N–H and O–H groups in total. The van der Waals surface area contributed by atoms with Gasteiger partial charge in [0.2, 0.25) is 0 Å². The molecule has 0 aliphatic carbocycles. The third kappa shape index (κ3) is 4.65. The van der Waals surface area contributed by atoms with Crippen LogP contribution in [0, 0.1) is 33.9 Å². The van der Waals surface area contributed by atoms with Crippen LogP contribution in [0.25, 0.3) is 0 Å². The Labute approximate surface area is 134 Å². The van der Waals surface area contributed by atoms with Gasteiger partial charge >= 0.3 is 6.09 Å². The van der Waals surface area contributed by atoms with Gasteiger partial charge in [0, 0.05) is 55.8 Å². The van der Waals surface area contributed by atoms with Crippen molar-refractivity contribution in [1.82, 2.24) is 9.80 Å². The Morgan fingerprint density at radius 1 is 1.17 bits per heavy atom. The molecule has 0 spiro atoms. The van der Waals surface area contributed by atoms with Crippen LogP contribution in [0.2, 0.25) is 0 Å². The van der Waals surface area contributed by atoms with Gasteiger partial charge in [-0.3, -0.25) is 10.1 Å². The monoisotopic (exact) mass is 313 g/mol. The lowest BCUT2D eigenvalue weighted by atomic mass is 10.2. The first-order valence-electron chi connectivity index (χ1n) is 6.94. The quantitative estimate of drug-likeness (QED) is 0.444. The van der Waals surface area contributed by atoms with Gasteiger partial charge in [-0.2, -0.15) is 0 Å². The summed E-state index contributed by atoms with van der Waals surface area (Å²) in [4.78, 5) is 24.9. The van der Waals surface area contributed by atoms with Crippen molar-refractivity contribution in [1.29, 1.82) is 0 Å². The average Bonchev–Trinajstić information content (AvgIpc) is 2.59. The van der Waals surface area contributed by atoms with Gasteiger partial charge in [0.15, 0.2) is 0 Å². The summed E-state index contributed by atoms with van der Waals surface area (Å²) in [7, 11) is 1.36. The summed E-state index contributed by atoms with van der Waals surface area (Å²) >= 11 is 0. The van der Waals surface area contributed by atoms with Crippen LogP contribution < -0.4 is 0 Å². The zero-order valence-corrected chi connectivity index (χ0v) is 12.6. The lowest BCUT2D eigenvalue weighted by molar-refractivity contribution is -0.384. The van der Waals surface area contributed by atoms with Crippen molar-refractivity contribution in [2.24, 2.45) is 0 Å². The molecule has 0 saturated carbocycles. The number of carbonyl (C=O) groups is 1. The number of hydrogen-bond acceptors (Lipinski definition) is 5. The van der Waals surface area contributed by atoms with Crippen LogP contribution in [0.4, 0.5) is 10.5 Å². The van der Waals surface area contributed by atoms with Crippen molar-refractivity contribution in [3.05, 3.63) is 39.9 Å². The summed E-state index contributed by atoms with van der Waals surface area (Å²) < 4.78 is 4.66. The maximum Gasteiger partial charge on any atom is 0.409 e. The summed E-state index contributed by atoms with van der Waals surface area (Å²) in [6.45, 7) is 2.41. The lowest BCUT2D eigenvalue weighted by Crippen LogP contribution is -2.46. The number of nitro groups is 1. The van der Waals surface area contributed by atoms with Gasteiger partial charge in [0.1, 0.15) is 0 Å². The van der Waals surface area contributed by atoms with Crippen LogP contribution >= 0.6 is 0 Å². The number of carbonyl (C=O) groups excluding carboxylic acids is 1. The second-order valence-corrected chi connectivity index (χ2v) is 4.73. The molecule has 7 nitrogen and oxygen atoms in total.